The standard InChI is InChI=1S/C13H19NO3/c1-13(5-3-6-13)9-14-8-10-4-7-17-11(10)12(15)16-2/h4,7,14H,3,5-6,8-9H2,1-2H3. The second kappa shape index (κ2) is 4.92. The van der Waals surface area contributed by atoms with Gasteiger partial charge < -0.3 is 14.5 Å². The Labute approximate surface area is 101 Å². The van der Waals surface area contributed by atoms with Gasteiger partial charge in [-0.2, -0.15) is 0 Å². The summed E-state index contributed by atoms with van der Waals surface area (Å²) in [7, 11) is 1.36. The highest BCUT2D eigenvalue weighted by molar-refractivity contribution is 5.87. The van der Waals surface area contributed by atoms with Gasteiger partial charge in [-0.25, -0.2) is 4.79 Å². The molecule has 0 aliphatic heterocycles. The lowest BCUT2D eigenvalue weighted by Gasteiger charge is -2.38. The first kappa shape index (κ1) is 12.2. The Morgan fingerprint density at radius 3 is 2.94 bits per heavy atom. The normalized spacial score (nSPS) is 17.5. The monoisotopic (exact) mass is 237 g/mol. The lowest BCUT2D eigenvalue weighted by molar-refractivity contribution is 0.0563. The zero-order valence-electron chi connectivity index (χ0n) is 10.4. The molecule has 0 unspecified atom stereocenters. The van der Waals surface area contributed by atoms with E-state index in [0.717, 1.165) is 12.1 Å². The highest BCUT2D eigenvalue weighted by Crippen LogP contribution is 2.39. The first-order valence-corrected chi connectivity index (χ1v) is 6.00. The van der Waals surface area contributed by atoms with Gasteiger partial charge in [0.1, 0.15) is 0 Å². The molecule has 0 bridgehead atoms. The maximum absolute atomic E-state index is 11.4. The van der Waals surface area contributed by atoms with Crippen molar-refractivity contribution in [2.24, 2.45) is 5.41 Å². The third-order valence-corrected chi connectivity index (χ3v) is 3.55. The second-order valence-corrected chi connectivity index (χ2v) is 5.03. The van der Waals surface area contributed by atoms with Crippen LogP contribution < -0.4 is 5.32 Å². The minimum absolute atomic E-state index is 0.304. The predicted molar refractivity (Wildman–Crippen MR) is 63.7 cm³/mol. The number of hydrogen-bond donors (Lipinski definition) is 1. The van der Waals surface area contributed by atoms with Gasteiger partial charge in [-0.15, -0.1) is 0 Å². The summed E-state index contributed by atoms with van der Waals surface area (Å²) in [6.07, 6.45) is 5.43. The highest BCUT2D eigenvalue weighted by Gasteiger charge is 2.31. The number of nitrogens with one attached hydrogen (secondary N) is 1. The predicted octanol–water partition coefficient (Wildman–Crippen LogP) is 2.35. The molecule has 2 rings (SSSR count). The van der Waals surface area contributed by atoms with E-state index in [1.165, 1.54) is 32.6 Å². The van der Waals surface area contributed by atoms with Gasteiger partial charge >= 0.3 is 5.97 Å². The molecule has 94 valence electrons. The molecule has 4 nitrogen and oxygen atoms in total. The summed E-state index contributed by atoms with van der Waals surface area (Å²) in [6, 6.07) is 1.81. The molecule has 4 heteroatoms. The van der Waals surface area contributed by atoms with E-state index in [2.05, 4.69) is 17.0 Å². The molecule has 0 spiro atoms. The van der Waals surface area contributed by atoms with Crippen LogP contribution in [0.5, 0.6) is 0 Å². The summed E-state index contributed by atoms with van der Waals surface area (Å²) in [5.41, 5.74) is 1.30. The molecular formula is C13H19NO3. The van der Waals surface area contributed by atoms with Crippen molar-refractivity contribution >= 4 is 5.97 Å². The van der Waals surface area contributed by atoms with Gasteiger partial charge in [0.2, 0.25) is 5.76 Å². The van der Waals surface area contributed by atoms with Crippen molar-refractivity contribution in [1.29, 1.82) is 0 Å². The van der Waals surface area contributed by atoms with Crippen molar-refractivity contribution in [3.8, 4) is 0 Å². The molecule has 0 atom stereocenters. The number of ether oxygens (including phenoxy) is 1. The fraction of sp³-hybridized carbons (Fsp3) is 0.615. The lowest BCUT2D eigenvalue weighted by Crippen LogP contribution is -2.37. The number of rotatable bonds is 5. The summed E-state index contributed by atoms with van der Waals surface area (Å²) in [5.74, 6) is -0.111. The average molecular weight is 237 g/mol. The summed E-state index contributed by atoms with van der Waals surface area (Å²) in [4.78, 5) is 11.4. The molecule has 1 N–H and O–H groups in total. The molecule has 1 fully saturated rings. The van der Waals surface area contributed by atoms with Crippen LogP contribution in [0.25, 0.3) is 0 Å². The fourth-order valence-electron chi connectivity index (χ4n) is 2.20. The first-order chi connectivity index (χ1) is 8.14. The van der Waals surface area contributed by atoms with Crippen LogP contribution in [0.4, 0.5) is 0 Å². The maximum Gasteiger partial charge on any atom is 0.374 e. The zero-order valence-corrected chi connectivity index (χ0v) is 10.4. The van der Waals surface area contributed by atoms with Crippen molar-refractivity contribution in [2.45, 2.75) is 32.7 Å². The van der Waals surface area contributed by atoms with Crippen molar-refractivity contribution < 1.29 is 13.9 Å². The Hall–Kier alpha value is -1.29. The molecule has 1 aliphatic carbocycles. The lowest BCUT2D eigenvalue weighted by atomic mass is 9.70. The minimum atomic E-state index is -0.415. The summed E-state index contributed by atoms with van der Waals surface area (Å²) in [5, 5.41) is 3.38. The van der Waals surface area contributed by atoms with Crippen molar-refractivity contribution in [1.82, 2.24) is 5.32 Å². The van der Waals surface area contributed by atoms with Crippen LogP contribution in [0.3, 0.4) is 0 Å². The van der Waals surface area contributed by atoms with Gasteiger partial charge in [0.25, 0.3) is 0 Å². The summed E-state index contributed by atoms with van der Waals surface area (Å²) in [6.45, 7) is 3.93. The van der Waals surface area contributed by atoms with E-state index in [4.69, 9.17) is 4.42 Å². The number of carbonyl (C=O) groups is 1. The van der Waals surface area contributed by atoms with Gasteiger partial charge in [0, 0.05) is 18.7 Å². The number of hydrogen-bond acceptors (Lipinski definition) is 4. The fourth-order valence-corrected chi connectivity index (χ4v) is 2.20. The molecular weight excluding hydrogens is 218 g/mol. The van der Waals surface area contributed by atoms with Crippen LogP contribution in [-0.2, 0) is 11.3 Å². The van der Waals surface area contributed by atoms with E-state index in [1.54, 1.807) is 0 Å². The average Bonchev–Trinajstić information content (AvgIpc) is 2.74. The number of methoxy groups -OCH3 is 1. The topological polar surface area (TPSA) is 51.5 Å². The Balaban J connectivity index is 1.86. The van der Waals surface area contributed by atoms with Crippen LogP contribution in [0, 0.1) is 5.41 Å². The van der Waals surface area contributed by atoms with Crippen molar-refractivity contribution in [3.63, 3.8) is 0 Å². The number of furan rings is 1. The van der Waals surface area contributed by atoms with E-state index in [0.29, 0.717) is 17.7 Å². The molecule has 1 aromatic heterocycles. The van der Waals surface area contributed by atoms with Crippen LogP contribution in [0.2, 0.25) is 0 Å². The molecule has 0 aromatic carbocycles. The first-order valence-electron chi connectivity index (χ1n) is 6.00. The number of carbonyl (C=O) groups excluding carboxylic acids is 1. The third kappa shape index (κ3) is 2.69. The quantitative estimate of drug-likeness (QED) is 0.799. The molecule has 17 heavy (non-hydrogen) atoms. The minimum Gasteiger partial charge on any atom is -0.463 e. The van der Waals surface area contributed by atoms with Gasteiger partial charge in [-0.1, -0.05) is 13.3 Å². The SMILES string of the molecule is COC(=O)c1occc1CNCC1(C)CCC1. The summed E-state index contributed by atoms with van der Waals surface area (Å²) >= 11 is 0. The van der Waals surface area contributed by atoms with Crippen LogP contribution in [-0.4, -0.2) is 19.6 Å². The van der Waals surface area contributed by atoms with Gasteiger partial charge in [-0.3, -0.25) is 0 Å². The van der Waals surface area contributed by atoms with Gasteiger partial charge in [-0.05, 0) is 24.3 Å². The van der Waals surface area contributed by atoms with Crippen molar-refractivity contribution in [3.05, 3.63) is 23.7 Å². The molecule has 1 aromatic rings. The summed E-state index contributed by atoms with van der Waals surface area (Å²) < 4.78 is 9.78. The van der Waals surface area contributed by atoms with E-state index in [-0.39, 0.29) is 0 Å². The Kier molecular flexibility index (Phi) is 3.52. The van der Waals surface area contributed by atoms with Crippen LogP contribution in [0.1, 0.15) is 42.3 Å². The van der Waals surface area contributed by atoms with Gasteiger partial charge in [0.05, 0.1) is 13.4 Å². The maximum atomic E-state index is 11.4. The van der Waals surface area contributed by atoms with Crippen LogP contribution >= 0.6 is 0 Å². The highest BCUT2D eigenvalue weighted by atomic mass is 16.5. The molecule has 0 saturated heterocycles. The number of esters is 1. The Morgan fingerprint density at radius 2 is 2.35 bits per heavy atom. The van der Waals surface area contributed by atoms with E-state index in [1.807, 2.05) is 6.07 Å². The van der Waals surface area contributed by atoms with Crippen molar-refractivity contribution in [2.75, 3.05) is 13.7 Å². The van der Waals surface area contributed by atoms with Crippen LogP contribution in [0.15, 0.2) is 16.7 Å². The molecule has 0 radical (unpaired) electrons. The van der Waals surface area contributed by atoms with E-state index < -0.39 is 5.97 Å². The molecule has 1 aliphatic rings. The Morgan fingerprint density at radius 1 is 1.59 bits per heavy atom. The third-order valence-electron chi connectivity index (χ3n) is 3.55. The van der Waals surface area contributed by atoms with E-state index in [9.17, 15) is 4.79 Å². The molecule has 1 heterocycles. The second-order valence-electron chi connectivity index (χ2n) is 5.03. The molecule has 0 amide bonds. The zero-order chi connectivity index (χ0) is 12.3. The van der Waals surface area contributed by atoms with Gasteiger partial charge in [0.15, 0.2) is 0 Å². The Bertz CT molecular complexity index is 393. The smallest absolute Gasteiger partial charge is 0.374 e. The largest absolute Gasteiger partial charge is 0.463 e. The molecule has 1 saturated carbocycles. The van der Waals surface area contributed by atoms with E-state index >= 15 is 0 Å².